The highest BCUT2D eigenvalue weighted by Gasteiger charge is 2.08. The third-order valence-corrected chi connectivity index (χ3v) is 3.85. The standard InChI is InChI=1S/C19H17ClN4O/c1-2-13-6-8-16(9-7-13)23-18(25)14-11-21-19(22-12-14)24-17-5-3-4-15(20)10-17/h3-12H,2H2,1H3,(H,23,25)(H,21,22,24). The van der Waals surface area contributed by atoms with E-state index in [1.165, 1.54) is 18.0 Å². The van der Waals surface area contributed by atoms with Gasteiger partial charge in [-0.3, -0.25) is 4.79 Å². The largest absolute Gasteiger partial charge is 0.324 e. The van der Waals surface area contributed by atoms with Crippen molar-refractivity contribution in [1.82, 2.24) is 9.97 Å². The Morgan fingerprint density at radius 1 is 1.04 bits per heavy atom. The lowest BCUT2D eigenvalue weighted by Gasteiger charge is -2.07. The molecule has 126 valence electrons. The molecular weight excluding hydrogens is 336 g/mol. The number of nitrogens with one attached hydrogen (secondary N) is 2. The lowest BCUT2D eigenvalue weighted by Crippen LogP contribution is -2.13. The first-order chi connectivity index (χ1) is 12.1. The third-order valence-electron chi connectivity index (χ3n) is 3.61. The molecule has 3 aromatic rings. The summed E-state index contributed by atoms with van der Waals surface area (Å²) < 4.78 is 0. The number of aryl methyl sites for hydroxylation is 1. The fourth-order valence-corrected chi connectivity index (χ4v) is 2.42. The number of nitrogens with zero attached hydrogens (tertiary/aromatic N) is 2. The van der Waals surface area contributed by atoms with Crippen LogP contribution in [0.1, 0.15) is 22.8 Å². The molecule has 0 fully saturated rings. The van der Waals surface area contributed by atoms with E-state index in [4.69, 9.17) is 11.6 Å². The fourth-order valence-electron chi connectivity index (χ4n) is 2.23. The maximum Gasteiger partial charge on any atom is 0.258 e. The summed E-state index contributed by atoms with van der Waals surface area (Å²) in [6.45, 7) is 2.09. The number of anilines is 3. The first kappa shape index (κ1) is 16.9. The zero-order valence-corrected chi connectivity index (χ0v) is 14.4. The van der Waals surface area contributed by atoms with Crippen LogP contribution in [-0.2, 0) is 6.42 Å². The minimum absolute atomic E-state index is 0.251. The molecule has 0 spiro atoms. The number of hydrogen-bond donors (Lipinski definition) is 2. The molecule has 0 radical (unpaired) electrons. The van der Waals surface area contributed by atoms with Crippen molar-refractivity contribution < 1.29 is 4.79 Å². The molecule has 25 heavy (non-hydrogen) atoms. The van der Waals surface area contributed by atoms with Gasteiger partial charge in [0.15, 0.2) is 0 Å². The highest BCUT2D eigenvalue weighted by atomic mass is 35.5. The molecule has 0 saturated heterocycles. The summed E-state index contributed by atoms with van der Waals surface area (Å²) in [5.74, 6) is 0.143. The number of halogens is 1. The number of amides is 1. The SMILES string of the molecule is CCc1ccc(NC(=O)c2cnc(Nc3cccc(Cl)c3)nc2)cc1. The van der Waals surface area contributed by atoms with Gasteiger partial charge in [-0.05, 0) is 42.3 Å². The summed E-state index contributed by atoms with van der Waals surface area (Å²) >= 11 is 5.94. The third kappa shape index (κ3) is 4.55. The molecule has 0 aliphatic heterocycles. The molecule has 2 N–H and O–H groups in total. The lowest BCUT2D eigenvalue weighted by molar-refractivity contribution is 0.102. The number of aromatic nitrogens is 2. The smallest absolute Gasteiger partial charge is 0.258 e. The Hall–Kier alpha value is -2.92. The number of benzene rings is 2. The molecule has 3 rings (SSSR count). The van der Waals surface area contributed by atoms with Crippen LogP contribution in [0.3, 0.4) is 0 Å². The van der Waals surface area contributed by atoms with Gasteiger partial charge in [-0.15, -0.1) is 0 Å². The molecule has 0 aliphatic carbocycles. The topological polar surface area (TPSA) is 66.9 Å². The molecule has 2 aromatic carbocycles. The summed E-state index contributed by atoms with van der Waals surface area (Å²) in [6.07, 6.45) is 3.93. The van der Waals surface area contributed by atoms with Crippen LogP contribution in [0.2, 0.25) is 5.02 Å². The lowest BCUT2D eigenvalue weighted by atomic mass is 10.1. The van der Waals surface area contributed by atoms with Gasteiger partial charge >= 0.3 is 0 Å². The van der Waals surface area contributed by atoms with Crippen LogP contribution in [0.4, 0.5) is 17.3 Å². The van der Waals surface area contributed by atoms with Crippen molar-refractivity contribution in [3.8, 4) is 0 Å². The van der Waals surface area contributed by atoms with Gasteiger partial charge in [0.1, 0.15) is 0 Å². The van der Waals surface area contributed by atoms with Crippen LogP contribution < -0.4 is 10.6 Å². The molecule has 0 saturated carbocycles. The molecule has 0 unspecified atom stereocenters. The second-order valence-corrected chi connectivity index (χ2v) is 5.87. The van der Waals surface area contributed by atoms with E-state index in [0.717, 1.165) is 17.8 Å². The minimum Gasteiger partial charge on any atom is -0.324 e. The maximum atomic E-state index is 12.3. The van der Waals surface area contributed by atoms with E-state index in [1.807, 2.05) is 36.4 Å². The predicted octanol–water partition coefficient (Wildman–Crippen LogP) is 4.69. The summed E-state index contributed by atoms with van der Waals surface area (Å²) in [4.78, 5) is 20.6. The van der Waals surface area contributed by atoms with E-state index >= 15 is 0 Å². The van der Waals surface area contributed by atoms with Crippen molar-refractivity contribution >= 4 is 34.8 Å². The Labute approximate surface area is 151 Å². The molecule has 6 heteroatoms. The fraction of sp³-hybridized carbons (Fsp3) is 0.105. The maximum absolute atomic E-state index is 12.3. The molecule has 1 heterocycles. The van der Waals surface area contributed by atoms with Gasteiger partial charge in [-0.1, -0.05) is 36.7 Å². The van der Waals surface area contributed by atoms with Gasteiger partial charge in [-0.2, -0.15) is 0 Å². The van der Waals surface area contributed by atoms with E-state index in [0.29, 0.717) is 16.5 Å². The predicted molar refractivity (Wildman–Crippen MR) is 101 cm³/mol. The summed E-state index contributed by atoms with van der Waals surface area (Å²) in [7, 11) is 0. The molecule has 0 aliphatic rings. The first-order valence-corrected chi connectivity index (χ1v) is 8.27. The van der Waals surface area contributed by atoms with Gasteiger partial charge in [0.25, 0.3) is 5.91 Å². The van der Waals surface area contributed by atoms with Gasteiger partial charge in [0.05, 0.1) is 5.56 Å². The highest BCUT2D eigenvalue weighted by Crippen LogP contribution is 2.18. The van der Waals surface area contributed by atoms with Crippen molar-refractivity contribution in [2.24, 2.45) is 0 Å². The van der Waals surface area contributed by atoms with Crippen molar-refractivity contribution in [2.75, 3.05) is 10.6 Å². The Balaban J connectivity index is 1.65. The molecule has 0 bridgehead atoms. The van der Waals surface area contributed by atoms with Crippen molar-refractivity contribution in [1.29, 1.82) is 0 Å². The number of carbonyl (C=O) groups is 1. The number of rotatable bonds is 5. The summed E-state index contributed by atoms with van der Waals surface area (Å²) in [5.41, 5.74) is 3.12. The second-order valence-electron chi connectivity index (χ2n) is 5.44. The summed E-state index contributed by atoms with van der Waals surface area (Å²) in [6, 6.07) is 15.0. The highest BCUT2D eigenvalue weighted by molar-refractivity contribution is 6.30. The van der Waals surface area contributed by atoms with Gasteiger partial charge in [0.2, 0.25) is 5.95 Å². The quantitative estimate of drug-likeness (QED) is 0.699. The van der Waals surface area contributed by atoms with E-state index < -0.39 is 0 Å². The zero-order chi connectivity index (χ0) is 17.6. The van der Waals surface area contributed by atoms with Gasteiger partial charge < -0.3 is 10.6 Å². The molecule has 0 atom stereocenters. The Morgan fingerprint density at radius 3 is 2.40 bits per heavy atom. The molecule has 5 nitrogen and oxygen atoms in total. The van der Waals surface area contributed by atoms with Crippen LogP contribution >= 0.6 is 11.6 Å². The first-order valence-electron chi connectivity index (χ1n) is 7.89. The Morgan fingerprint density at radius 2 is 1.76 bits per heavy atom. The van der Waals surface area contributed by atoms with E-state index in [1.54, 1.807) is 12.1 Å². The summed E-state index contributed by atoms with van der Waals surface area (Å²) in [5, 5.41) is 6.48. The van der Waals surface area contributed by atoms with Crippen LogP contribution in [-0.4, -0.2) is 15.9 Å². The average molecular weight is 353 g/mol. The van der Waals surface area contributed by atoms with E-state index in [2.05, 4.69) is 27.5 Å². The number of carbonyl (C=O) groups excluding carboxylic acids is 1. The molecular formula is C19H17ClN4O. The van der Waals surface area contributed by atoms with Crippen molar-refractivity contribution in [2.45, 2.75) is 13.3 Å². The van der Waals surface area contributed by atoms with Crippen LogP contribution in [0.25, 0.3) is 0 Å². The van der Waals surface area contributed by atoms with Crippen LogP contribution in [0.5, 0.6) is 0 Å². The van der Waals surface area contributed by atoms with Crippen molar-refractivity contribution in [3.05, 3.63) is 77.1 Å². The average Bonchev–Trinajstić information content (AvgIpc) is 2.63. The molecule has 1 aromatic heterocycles. The van der Waals surface area contributed by atoms with Gasteiger partial charge in [0, 0.05) is 28.8 Å². The van der Waals surface area contributed by atoms with E-state index in [-0.39, 0.29) is 5.91 Å². The monoisotopic (exact) mass is 352 g/mol. The van der Waals surface area contributed by atoms with Crippen LogP contribution in [0, 0.1) is 0 Å². The van der Waals surface area contributed by atoms with Crippen molar-refractivity contribution in [3.63, 3.8) is 0 Å². The minimum atomic E-state index is -0.251. The number of hydrogen-bond acceptors (Lipinski definition) is 4. The Bertz CT molecular complexity index is 863. The zero-order valence-electron chi connectivity index (χ0n) is 13.7. The van der Waals surface area contributed by atoms with E-state index in [9.17, 15) is 4.79 Å². The Kier molecular flexibility index (Phi) is 5.26. The second kappa shape index (κ2) is 7.77. The van der Waals surface area contributed by atoms with Gasteiger partial charge in [-0.25, -0.2) is 9.97 Å². The normalized spacial score (nSPS) is 10.3. The van der Waals surface area contributed by atoms with Crippen LogP contribution in [0.15, 0.2) is 60.9 Å². The molecule has 1 amide bonds.